The van der Waals surface area contributed by atoms with Crippen LogP contribution in [0.3, 0.4) is 0 Å². The summed E-state index contributed by atoms with van der Waals surface area (Å²) in [5.41, 5.74) is 1.25. The van der Waals surface area contributed by atoms with E-state index < -0.39 is 5.60 Å². The number of nitrogens with zero attached hydrogens (tertiary/aromatic N) is 1. The zero-order chi connectivity index (χ0) is 19.8. The molecule has 146 valence electrons. The van der Waals surface area contributed by atoms with Crippen LogP contribution < -0.4 is 5.32 Å². The minimum absolute atomic E-state index is 0.000234. The van der Waals surface area contributed by atoms with Crippen molar-refractivity contribution in [2.45, 2.75) is 58.3 Å². The van der Waals surface area contributed by atoms with E-state index in [1.165, 1.54) is 0 Å². The lowest BCUT2D eigenvalue weighted by molar-refractivity contribution is 0.0199. The molecule has 1 N–H and O–H groups in total. The van der Waals surface area contributed by atoms with E-state index in [1.807, 2.05) is 20.8 Å². The number of hydrogen-bond acceptors (Lipinski definition) is 5. The van der Waals surface area contributed by atoms with Crippen molar-refractivity contribution in [3.63, 3.8) is 0 Å². The topological polar surface area (TPSA) is 84.9 Å². The van der Waals surface area contributed by atoms with Crippen LogP contribution in [0, 0.1) is 0 Å². The molecule has 27 heavy (non-hydrogen) atoms. The van der Waals surface area contributed by atoms with Crippen LogP contribution >= 0.6 is 0 Å². The molecule has 2 aliphatic rings. The maximum absolute atomic E-state index is 12.6. The fraction of sp³-hybridized carbons (Fsp3) is 0.550. The Morgan fingerprint density at radius 1 is 1.22 bits per heavy atom. The average molecular weight is 374 g/mol. The number of fused-ring (bicyclic) bond motifs is 1. The second-order valence-electron chi connectivity index (χ2n) is 8.06. The Morgan fingerprint density at radius 2 is 1.89 bits per heavy atom. The van der Waals surface area contributed by atoms with E-state index in [-0.39, 0.29) is 30.1 Å². The zero-order valence-corrected chi connectivity index (χ0v) is 16.2. The van der Waals surface area contributed by atoms with Crippen LogP contribution in [0.1, 0.15) is 72.9 Å². The van der Waals surface area contributed by atoms with E-state index in [0.29, 0.717) is 37.1 Å². The molecule has 3 rings (SSSR count). The molecular formula is C20H26N2O5. The van der Waals surface area contributed by atoms with Crippen LogP contribution in [0.25, 0.3) is 0 Å². The van der Waals surface area contributed by atoms with Gasteiger partial charge in [0.1, 0.15) is 11.7 Å². The summed E-state index contributed by atoms with van der Waals surface area (Å²) in [5, 5.41) is 3.02. The van der Waals surface area contributed by atoms with Crippen molar-refractivity contribution in [2.24, 2.45) is 0 Å². The molecule has 0 bridgehead atoms. The lowest BCUT2D eigenvalue weighted by Gasteiger charge is -2.33. The zero-order valence-electron chi connectivity index (χ0n) is 16.2. The number of hydrogen-bond donors (Lipinski definition) is 1. The van der Waals surface area contributed by atoms with Crippen LogP contribution in [-0.4, -0.2) is 47.6 Å². The first-order valence-electron chi connectivity index (χ1n) is 9.28. The summed E-state index contributed by atoms with van der Waals surface area (Å²) in [6.45, 7) is 8.40. The molecule has 0 aliphatic carbocycles. The van der Waals surface area contributed by atoms with Crippen molar-refractivity contribution in [3.8, 4) is 0 Å². The van der Waals surface area contributed by atoms with Crippen LogP contribution in [0.5, 0.6) is 0 Å². The van der Waals surface area contributed by atoms with Gasteiger partial charge in [0.15, 0.2) is 0 Å². The van der Waals surface area contributed by atoms with Gasteiger partial charge in [-0.15, -0.1) is 0 Å². The molecule has 1 fully saturated rings. The molecule has 1 saturated heterocycles. The highest BCUT2D eigenvalue weighted by Gasteiger charge is 2.30. The van der Waals surface area contributed by atoms with Crippen molar-refractivity contribution in [1.82, 2.24) is 10.2 Å². The molecule has 7 heteroatoms. The van der Waals surface area contributed by atoms with E-state index in [4.69, 9.17) is 9.47 Å². The molecular weight excluding hydrogens is 348 g/mol. The third kappa shape index (κ3) is 4.40. The lowest BCUT2D eigenvalue weighted by atomic mass is 10.0. The molecule has 1 aromatic rings. The smallest absolute Gasteiger partial charge is 0.410 e. The minimum atomic E-state index is -0.516. The summed E-state index contributed by atoms with van der Waals surface area (Å²) in [5.74, 6) is -0.529. The van der Waals surface area contributed by atoms with Crippen molar-refractivity contribution in [2.75, 3.05) is 13.1 Å². The Bertz CT molecular complexity index is 760. The first kappa shape index (κ1) is 19.2. The molecule has 0 spiro atoms. The third-order valence-electron chi connectivity index (χ3n) is 4.74. The molecule has 2 aliphatic heterocycles. The molecule has 7 nitrogen and oxygen atoms in total. The molecule has 2 heterocycles. The Balaban J connectivity index is 1.55. The van der Waals surface area contributed by atoms with Gasteiger partial charge in [-0.05, 0) is 58.7 Å². The molecule has 1 unspecified atom stereocenters. The fourth-order valence-electron chi connectivity index (χ4n) is 3.32. The van der Waals surface area contributed by atoms with Crippen molar-refractivity contribution >= 4 is 18.0 Å². The first-order chi connectivity index (χ1) is 12.6. The maximum Gasteiger partial charge on any atom is 0.410 e. The van der Waals surface area contributed by atoms with Crippen LogP contribution in [0.4, 0.5) is 4.79 Å². The number of ether oxygens (including phenoxy) is 2. The van der Waals surface area contributed by atoms with Gasteiger partial charge >= 0.3 is 12.1 Å². The first-order valence-corrected chi connectivity index (χ1v) is 9.28. The van der Waals surface area contributed by atoms with Gasteiger partial charge in [-0.1, -0.05) is 0 Å². The highest BCUT2D eigenvalue weighted by molar-refractivity contribution is 5.98. The van der Waals surface area contributed by atoms with Crippen molar-refractivity contribution in [3.05, 3.63) is 34.9 Å². The van der Waals surface area contributed by atoms with Gasteiger partial charge in [-0.25, -0.2) is 9.59 Å². The minimum Gasteiger partial charge on any atom is -0.454 e. The van der Waals surface area contributed by atoms with E-state index >= 15 is 0 Å². The highest BCUT2D eigenvalue weighted by atomic mass is 16.6. The van der Waals surface area contributed by atoms with E-state index in [9.17, 15) is 14.4 Å². The van der Waals surface area contributed by atoms with Crippen LogP contribution in [0.15, 0.2) is 18.2 Å². The Hall–Kier alpha value is -2.57. The number of carbonyl (C=O) groups is 3. The standard InChI is InChI=1S/C20H26N2O5/c1-12-16-11-13(5-6-15(16)18(24)26-12)17(23)21-14-7-9-22(10-8-14)19(25)27-20(2,3)4/h5-6,11-12,14H,7-10H2,1-4H3,(H,21,23). The van der Waals surface area contributed by atoms with Crippen molar-refractivity contribution in [1.29, 1.82) is 0 Å². The number of piperidine rings is 1. The van der Waals surface area contributed by atoms with Crippen LogP contribution in [0.2, 0.25) is 0 Å². The summed E-state index contributed by atoms with van der Waals surface area (Å²) >= 11 is 0. The summed E-state index contributed by atoms with van der Waals surface area (Å²) in [6.07, 6.45) is 0.698. The number of nitrogens with one attached hydrogen (secondary N) is 1. The molecule has 0 aromatic heterocycles. The summed E-state index contributed by atoms with van der Waals surface area (Å²) in [7, 11) is 0. The van der Waals surface area contributed by atoms with Gasteiger partial charge in [-0.3, -0.25) is 4.79 Å². The van der Waals surface area contributed by atoms with Gasteiger partial charge in [0.25, 0.3) is 5.91 Å². The lowest BCUT2D eigenvalue weighted by Crippen LogP contribution is -2.47. The Morgan fingerprint density at radius 3 is 2.52 bits per heavy atom. The molecule has 1 aromatic carbocycles. The maximum atomic E-state index is 12.6. The van der Waals surface area contributed by atoms with Crippen molar-refractivity contribution < 1.29 is 23.9 Å². The Kier molecular flexibility index (Phi) is 5.13. The predicted octanol–water partition coefficient (Wildman–Crippen LogP) is 3.05. The third-order valence-corrected chi connectivity index (χ3v) is 4.74. The Labute approximate surface area is 159 Å². The summed E-state index contributed by atoms with van der Waals surface area (Å²) in [6, 6.07) is 5.00. The second kappa shape index (κ2) is 7.21. The predicted molar refractivity (Wildman–Crippen MR) is 98.6 cm³/mol. The normalized spacial score (nSPS) is 20.1. The monoisotopic (exact) mass is 374 g/mol. The van der Waals surface area contributed by atoms with E-state index in [1.54, 1.807) is 30.0 Å². The number of rotatable bonds is 2. The number of cyclic esters (lactones) is 1. The largest absolute Gasteiger partial charge is 0.454 e. The van der Waals surface area contributed by atoms with Gasteiger partial charge in [0.05, 0.1) is 5.56 Å². The van der Waals surface area contributed by atoms with Gasteiger partial charge in [0.2, 0.25) is 0 Å². The fourth-order valence-corrected chi connectivity index (χ4v) is 3.32. The van der Waals surface area contributed by atoms with Gasteiger partial charge < -0.3 is 19.7 Å². The van der Waals surface area contributed by atoms with E-state index in [0.717, 1.165) is 5.56 Å². The second-order valence-corrected chi connectivity index (χ2v) is 8.06. The molecule has 0 radical (unpaired) electrons. The summed E-state index contributed by atoms with van der Waals surface area (Å²) in [4.78, 5) is 38.0. The SMILES string of the molecule is CC1OC(=O)c2ccc(C(=O)NC3CCN(C(=O)OC(C)(C)C)CC3)cc21. The molecule has 2 amide bonds. The average Bonchev–Trinajstić information content (AvgIpc) is 2.88. The summed E-state index contributed by atoms with van der Waals surface area (Å²) < 4.78 is 10.5. The quantitative estimate of drug-likeness (QED) is 0.804. The highest BCUT2D eigenvalue weighted by Crippen LogP contribution is 2.30. The van der Waals surface area contributed by atoms with Gasteiger partial charge in [-0.2, -0.15) is 0 Å². The number of likely N-dealkylation sites (tertiary alicyclic amines) is 1. The number of amides is 2. The number of esters is 1. The molecule has 1 atom stereocenters. The molecule has 0 saturated carbocycles. The van der Waals surface area contributed by atoms with Crippen LogP contribution in [-0.2, 0) is 9.47 Å². The van der Waals surface area contributed by atoms with Gasteiger partial charge in [0, 0.05) is 30.3 Å². The number of carbonyl (C=O) groups excluding carboxylic acids is 3. The number of benzene rings is 1. The van der Waals surface area contributed by atoms with E-state index in [2.05, 4.69) is 5.32 Å².